The van der Waals surface area contributed by atoms with Crippen molar-refractivity contribution in [2.24, 2.45) is 0 Å². The lowest BCUT2D eigenvalue weighted by Crippen LogP contribution is -2.39. The molecule has 34 heavy (non-hydrogen) atoms. The molecule has 4 rings (SSSR count). The Balaban J connectivity index is 1.75. The van der Waals surface area contributed by atoms with Gasteiger partial charge in [0.05, 0.1) is 13.7 Å². The number of nitrogens with zero attached hydrogens (tertiary/aromatic N) is 1. The molecule has 1 aliphatic rings. The molecule has 2 heterocycles. The fourth-order valence-electron chi connectivity index (χ4n) is 4.36. The van der Waals surface area contributed by atoms with Crippen LogP contribution >= 0.6 is 11.3 Å². The third-order valence-corrected chi connectivity index (χ3v) is 7.08. The first kappa shape index (κ1) is 23.9. The highest BCUT2D eigenvalue weighted by atomic mass is 32.1. The van der Waals surface area contributed by atoms with Gasteiger partial charge < -0.3 is 14.6 Å². The van der Waals surface area contributed by atoms with Gasteiger partial charge in [0.15, 0.2) is 6.04 Å². The predicted octanol–water partition coefficient (Wildman–Crippen LogP) is 4.40. The molecule has 0 bridgehead atoms. The highest BCUT2D eigenvalue weighted by Crippen LogP contribution is 2.23. The van der Waals surface area contributed by atoms with Crippen molar-refractivity contribution in [3.8, 4) is 0 Å². The fraction of sp³-hybridized carbons (Fsp3) is 0.346. The van der Waals surface area contributed by atoms with Gasteiger partial charge in [0.25, 0.3) is 11.5 Å². The molecule has 1 amide bonds. The molecule has 1 N–H and O–H groups in total. The van der Waals surface area contributed by atoms with E-state index in [1.165, 1.54) is 30.6 Å². The van der Waals surface area contributed by atoms with E-state index in [0.29, 0.717) is 4.88 Å². The smallest absolute Gasteiger partial charge is 0.333 e. The molecule has 6 nitrogen and oxygen atoms in total. The summed E-state index contributed by atoms with van der Waals surface area (Å²) < 4.78 is 19.9. The number of carbonyl (C=O) groups is 2. The Kier molecular flexibility index (Phi) is 7.57. The molecule has 0 radical (unpaired) electrons. The van der Waals surface area contributed by atoms with Gasteiger partial charge >= 0.3 is 5.97 Å². The molecule has 3 aromatic rings. The molecule has 1 unspecified atom stereocenters. The second kappa shape index (κ2) is 10.8. The number of nitrogens with one attached hydrogen (secondary N) is 1. The summed E-state index contributed by atoms with van der Waals surface area (Å²) >= 11 is 1.32. The Morgan fingerprint density at radius 1 is 1.12 bits per heavy atom. The van der Waals surface area contributed by atoms with Crippen molar-refractivity contribution >= 4 is 23.2 Å². The quantitative estimate of drug-likeness (QED) is 0.529. The zero-order chi connectivity index (χ0) is 24.1. The molecule has 0 saturated carbocycles. The van der Waals surface area contributed by atoms with Crippen molar-refractivity contribution in [1.29, 1.82) is 0 Å². The van der Waals surface area contributed by atoms with E-state index >= 15 is 0 Å². The van der Waals surface area contributed by atoms with Gasteiger partial charge in [-0.3, -0.25) is 9.59 Å². The van der Waals surface area contributed by atoms with Crippen molar-refractivity contribution in [2.45, 2.75) is 51.1 Å². The molecule has 0 aliphatic heterocycles. The molecule has 1 aromatic carbocycles. The molecular formula is C26H27FN2O4S. The number of hydrogen-bond acceptors (Lipinski definition) is 5. The first-order valence-corrected chi connectivity index (χ1v) is 12.3. The van der Waals surface area contributed by atoms with Gasteiger partial charge in [-0.15, -0.1) is 11.3 Å². The third kappa shape index (κ3) is 5.28. The number of hydrogen-bond donors (Lipinski definition) is 1. The van der Waals surface area contributed by atoms with Crippen molar-refractivity contribution in [3.63, 3.8) is 0 Å². The monoisotopic (exact) mass is 482 g/mol. The molecule has 0 spiro atoms. The van der Waals surface area contributed by atoms with Crippen molar-refractivity contribution < 1.29 is 18.7 Å². The lowest BCUT2D eigenvalue weighted by molar-refractivity contribution is -0.143. The summed E-state index contributed by atoms with van der Waals surface area (Å²) in [6.45, 7) is 0.244. The van der Waals surface area contributed by atoms with E-state index in [-0.39, 0.29) is 17.9 Å². The van der Waals surface area contributed by atoms with E-state index in [4.69, 9.17) is 4.74 Å². The lowest BCUT2D eigenvalue weighted by Gasteiger charge is -2.22. The minimum absolute atomic E-state index is 0.00751. The normalized spacial score (nSPS) is 14.4. The summed E-state index contributed by atoms with van der Waals surface area (Å²) in [6, 6.07) is 10.2. The highest BCUT2D eigenvalue weighted by molar-refractivity contribution is 7.10. The number of carbonyl (C=O) groups excluding carboxylic acids is 2. The van der Waals surface area contributed by atoms with E-state index in [1.54, 1.807) is 40.3 Å². The van der Waals surface area contributed by atoms with E-state index in [1.807, 2.05) is 0 Å². The minimum Gasteiger partial charge on any atom is -0.467 e. The van der Waals surface area contributed by atoms with Crippen LogP contribution < -0.4 is 10.9 Å². The first-order valence-electron chi connectivity index (χ1n) is 11.4. The summed E-state index contributed by atoms with van der Waals surface area (Å²) in [5, 5.41) is 4.50. The van der Waals surface area contributed by atoms with Gasteiger partial charge in [0, 0.05) is 10.6 Å². The van der Waals surface area contributed by atoms with Gasteiger partial charge in [-0.05, 0) is 66.5 Å². The number of benzene rings is 1. The third-order valence-electron chi connectivity index (χ3n) is 6.14. The minimum atomic E-state index is -0.996. The number of amides is 1. The fourth-order valence-corrected chi connectivity index (χ4v) is 5.13. The van der Waals surface area contributed by atoms with Gasteiger partial charge in [0.1, 0.15) is 11.4 Å². The van der Waals surface area contributed by atoms with Gasteiger partial charge in [-0.1, -0.05) is 31.0 Å². The number of pyridine rings is 1. The average Bonchev–Trinajstić information content (AvgIpc) is 3.35. The maximum Gasteiger partial charge on any atom is 0.333 e. The van der Waals surface area contributed by atoms with Gasteiger partial charge in [-0.2, -0.15) is 0 Å². The second-order valence-corrected chi connectivity index (χ2v) is 9.39. The van der Waals surface area contributed by atoms with E-state index in [9.17, 15) is 18.8 Å². The highest BCUT2D eigenvalue weighted by Gasteiger charge is 2.27. The molecule has 2 aromatic heterocycles. The Morgan fingerprint density at radius 3 is 2.53 bits per heavy atom. The standard InChI is InChI=1S/C26H27FN2O4S/c1-33-26(32)23(22-9-6-14-34-22)28-24(30)20-15-18-7-4-2-3-5-8-21(18)29(25(20)31)16-17-10-12-19(27)13-11-17/h6,9-15,23H,2-5,7-8,16H2,1H3,(H,28,30). The van der Waals surface area contributed by atoms with Crippen LogP contribution in [0.5, 0.6) is 0 Å². The number of ether oxygens (including phenoxy) is 1. The molecule has 0 fully saturated rings. The SMILES string of the molecule is COC(=O)C(NC(=O)c1cc2c(n(Cc3ccc(F)cc3)c1=O)CCCCCC2)c1cccs1. The topological polar surface area (TPSA) is 77.4 Å². The van der Waals surface area contributed by atoms with Crippen LogP contribution in [-0.4, -0.2) is 23.6 Å². The number of aryl methyl sites for hydroxylation is 1. The molecule has 1 aliphatic carbocycles. The first-order chi connectivity index (χ1) is 16.5. The Bertz CT molecular complexity index is 1220. The van der Waals surface area contributed by atoms with Crippen molar-refractivity contribution in [1.82, 2.24) is 9.88 Å². The number of esters is 1. The van der Waals surface area contributed by atoms with Crippen LogP contribution in [0.1, 0.15) is 63.8 Å². The number of halogens is 1. The Hall–Kier alpha value is -3.26. The number of rotatable bonds is 6. The number of methoxy groups -OCH3 is 1. The number of aromatic nitrogens is 1. The van der Waals surface area contributed by atoms with Crippen LogP contribution in [0, 0.1) is 5.82 Å². The zero-order valence-electron chi connectivity index (χ0n) is 19.0. The summed E-state index contributed by atoms with van der Waals surface area (Å²) in [5.74, 6) is -1.57. The molecule has 0 saturated heterocycles. The van der Waals surface area contributed by atoms with Crippen LogP contribution in [0.15, 0.2) is 52.6 Å². The average molecular weight is 483 g/mol. The van der Waals surface area contributed by atoms with Crippen LogP contribution in [0.4, 0.5) is 4.39 Å². The largest absolute Gasteiger partial charge is 0.467 e. The van der Waals surface area contributed by atoms with Crippen LogP contribution in [0.3, 0.4) is 0 Å². The summed E-state index contributed by atoms with van der Waals surface area (Å²) in [5.41, 5.74) is 2.24. The van der Waals surface area contributed by atoms with Crippen LogP contribution in [0.2, 0.25) is 0 Å². The maximum absolute atomic E-state index is 13.6. The van der Waals surface area contributed by atoms with Gasteiger partial charge in [0.2, 0.25) is 0 Å². The molecular weight excluding hydrogens is 455 g/mol. The molecule has 8 heteroatoms. The van der Waals surface area contributed by atoms with E-state index < -0.39 is 23.5 Å². The Morgan fingerprint density at radius 2 is 1.85 bits per heavy atom. The summed E-state index contributed by atoms with van der Waals surface area (Å²) in [7, 11) is 1.26. The summed E-state index contributed by atoms with van der Waals surface area (Å²) in [4.78, 5) is 39.9. The maximum atomic E-state index is 13.6. The number of fused-ring (bicyclic) bond motifs is 1. The Labute approximate surface area is 201 Å². The molecule has 1 atom stereocenters. The van der Waals surface area contributed by atoms with Crippen LogP contribution in [0.25, 0.3) is 0 Å². The number of thiophene rings is 1. The van der Waals surface area contributed by atoms with E-state index in [2.05, 4.69) is 5.32 Å². The van der Waals surface area contributed by atoms with Crippen molar-refractivity contribution in [2.75, 3.05) is 7.11 Å². The predicted molar refractivity (Wildman–Crippen MR) is 129 cm³/mol. The summed E-state index contributed by atoms with van der Waals surface area (Å²) in [6.07, 6.45) is 5.64. The van der Waals surface area contributed by atoms with E-state index in [0.717, 1.165) is 55.3 Å². The van der Waals surface area contributed by atoms with Crippen molar-refractivity contribution in [3.05, 3.63) is 91.3 Å². The molecule has 178 valence electrons. The van der Waals surface area contributed by atoms with Gasteiger partial charge in [-0.25, -0.2) is 9.18 Å². The second-order valence-electron chi connectivity index (χ2n) is 8.41. The van der Waals surface area contributed by atoms with Crippen LogP contribution in [-0.2, 0) is 28.9 Å². The lowest BCUT2D eigenvalue weighted by atomic mass is 9.95. The zero-order valence-corrected chi connectivity index (χ0v) is 19.8.